The fourth-order valence-electron chi connectivity index (χ4n) is 2.78. The summed E-state index contributed by atoms with van der Waals surface area (Å²) < 4.78 is 17.3. The van der Waals surface area contributed by atoms with Crippen molar-refractivity contribution in [2.45, 2.75) is 13.3 Å². The molecule has 0 aromatic heterocycles. The normalized spacial score (nSPS) is 15.0. The van der Waals surface area contributed by atoms with Gasteiger partial charge in [0.2, 0.25) is 0 Å². The molecule has 1 amide bonds. The Bertz CT molecular complexity index is 947. The van der Waals surface area contributed by atoms with Crippen molar-refractivity contribution in [3.63, 3.8) is 0 Å². The number of rotatable bonds is 9. The Hall–Kier alpha value is -2.22. The molecule has 1 aliphatic rings. The predicted molar refractivity (Wildman–Crippen MR) is 126 cm³/mol. The Labute approximate surface area is 190 Å². The number of benzene rings is 2. The third kappa shape index (κ3) is 5.68. The van der Waals surface area contributed by atoms with Gasteiger partial charge in [-0.05, 0) is 55.5 Å². The van der Waals surface area contributed by atoms with Crippen molar-refractivity contribution in [1.82, 2.24) is 4.90 Å². The van der Waals surface area contributed by atoms with Crippen LogP contribution in [0.25, 0.3) is 6.08 Å². The molecule has 0 saturated carbocycles. The summed E-state index contributed by atoms with van der Waals surface area (Å²) in [6.07, 6.45) is 2.48. The second-order valence-corrected chi connectivity index (χ2v) is 8.45. The number of carbonyl (C=O) groups excluding carboxylic acids is 1. The first-order chi connectivity index (χ1) is 14.5. The molecular weight excluding hydrogens is 442 g/mol. The molecule has 1 heterocycles. The molecule has 1 aliphatic heterocycles. The highest BCUT2D eigenvalue weighted by molar-refractivity contribution is 8.26. The number of halogens is 1. The third-order valence-electron chi connectivity index (χ3n) is 4.32. The molecule has 1 fully saturated rings. The minimum Gasteiger partial charge on any atom is -0.497 e. The lowest BCUT2D eigenvalue weighted by Crippen LogP contribution is -2.27. The van der Waals surface area contributed by atoms with E-state index in [-0.39, 0.29) is 5.91 Å². The molecule has 3 rings (SSSR count). The SMILES string of the molecule is CCN1C(=O)/C(=C\c2cc(Cl)ccc2OCCCOc2ccc(OC)cc2)SC1=S. The molecular formula is C22H22ClNO4S2. The van der Waals surface area contributed by atoms with Crippen LogP contribution >= 0.6 is 35.6 Å². The highest BCUT2D eigenvalue weighted by Gasteiger charge is 2.30. The summed E-state index contributed by atoms with van der Waals surface area (Å²) in [5.41, 5.74) is 0.746. The van der Waals surface area contributed by atoms with E-state index >= 15 is 0 Å². The summed E-state index contributed by atoms with van der Waals surface area (Å²) in [6, 6.07) is 12.8. The topological polar surface area (TPSA) is 48.0 Å². The van der Waals surface area contributed by atoms with Gasteiger partial charge in [0, 0.05) is 23.6 Å². The fourth-order valence-corrected chi connectivity index (χ4v) is 4.34. The average Bonchev–Trinajstić information content (AvgIpc) is 3.01. The van der Waals surface area contributed by atoms with Crippen LogP contribution in [-0.4, -0.2) is 42.0 Å². The molecule has 0 bridgehead atoms. The molecule has 0 atom stereocenters. The standard InChI is InChI=1S/C22H22ClNO4S2/c1-3-24-21(25)20(30-22(24)29)14-15-13-16(23)5-10-19(15)28-12-4-11-27-18-8-6-17(26-2)7-9-18/h5-10,13-14H,3-4,11-12H2,1-2H3/b20-14+. The van der Waals surface area contributed by atoms with Gasteiger partial charge in [-0.25, -0.2) is 0 Å². The number of thioether (sulfide) groups is 1. The number of thiocarbonyl (C=S) groups is 1. The largest absolute Gasteiger partial charge is 0.497 e. The Morgan fingerprint density at radius 1 is 1.10 bits per heavy atom. The fraction of sp³-hybridized carbons (Fsp3) is 0.273. The molecule has 2 aromatic rings. The number of hydrogen-bond acceptors (Lipinski definition) is 6. The van der Waals surface area contributed by atoms with E-state index in [9.17, 15) is 4.79 Å². The lowest BCUT2D eigenvalue weighted by Gasteiger charge is -2.11. The van der Waals surface area contributed by atoms with Crippen LogP contribution in [0.2, 0.25) is 5.02 Å². The minimum absolute atomic E-state index is 0.0914. The molecule has 2 aromatic carbocycles. The number of nitrogens with zero attached hydrogens (tertiary/aromatic N) is 1. The van der Waals surface area contributed by atoms with Crippen molar-refractivity contribution >= 4 is 51.9 Å². The average molecular weight is 464 g/mol. The second kappa shape index (κ2) is 10.7. The van der Waals surface area contributed by atoms with Crippen LogP contribution in [0.15, 0.2) is 47.4 Å². The zero-order valence-corrected chi connectivity index (χ0v) is 19.1. The van der Waals surface area contributed by atoms with Gasteiger partial charge in [0.05, 0.1) is 25.2 Å². The summed E-state index contributed by atoms with van der Waals surface area (Å²) in [6.45, 7) is 3.43. The first-order valence-corrected chi connectivity index (χ1v) is 11.1. The number of methoxy groups -OCH3 is 1. The van der Waals surface area contributed by atoms with Crippen LogP contribution in [0.3, 0.4) is 0 Å². The summed E-state index contributed by atoms with van der Waals surface area (Å²) in [4.78, 5) is 14.6. The highest BCUT2D eigenvalue weighted by Crippen LogP contribution is 2.34. The van der Waals surface area contributed by atoms with Gasteiger partial charge in [-0.3, -0.25) is 9.69 Å². The maximum absolute atomic E-state index is 12.5. The Balaban J connectivity index is 1.58. The van der Waals surface area contributed by atoms with E-state index in [1.54, 1.807) is 36.3 Å². The molecule has 0 radical (unpaired) electrons. The van der Waals surface area contributed by atoms with Crippen molar-refractivity contribution in [1.29, 1.82) is 0 Å². The van der Waals surface area contributed by atoms with E-state index in [0.29, 0.717) is 46.2 Å². The molecule has 8 heteroatoms. The van der Waals surface area contributed by atoms with E-state index in [2.05, 4.69) is 0 Å². The van der Waals surface area contributed by atoms with Gasteiger partial charge in [0.25, 0.3) is 5.91 Å². The van der Waals surface area contributed by atoms with Crippen LogP contribution in [0.5, 0.6) is 17.2 Å². The van der Waals surface area contributed by atoms with E-state index in [1.165, 1.54) is 11.8 Å². The van der Waals surface area contributed by atoms with Crippen molar-refractivity contribution < 1.29 is 19.0 Å². The van der Waals surface area contributed by atoms with Crippen molar-refractivity contribution in [3.05, 3.63) is 58.0 Å². The molecule has 0 aliphatic carbocycles. The lowest BCUT2D eigenvalue weighted by molar-refractivity contribution is -0.121. The van der Waals surface area contributed by atoms with E-state index in [4.69, 9.17) is 38.0 Å². The van der Waals surface area contributed by atoms with Gasteiger partial charge in [0.1, 0.15) is 21.6 Å². The maximum atomic E-state index is 12.5. The molecule has 158 valence electrons. The van der Waals surface area contributed by atoms with E-state index < -0.39 is 0 Å². The Morgan fingerprint density at radius 2 is 1.80 bits per heavy atom. The van der Waals surface area contributed by atoms with Crippen molar-refractivity contribution in [2.75, 3.05) is 26.9 Å². The zero-order chi connectivity index (χ0) is 21.5. The van der Waals surface area contributed by atoms with Crippen LogP contribution in [0.1, 0.15) is 18.9 Å². The zero-order valence-electron chi connectivity index (χ0n) is 16.7. The van der Waals surface area contributed by atoms with Gasteiger partial charge in [-0.15, -0.1) is 0 Å². The Kier molecular flexibility index (Phi) is 8.01. The minimum atomic E-state index is -0.0914. The van der Waals surface area contributed by atoms with Gasteiger partial charge >= 0.3 is 0 Å². The van der Waals surface area contributed by atoms with Gasteiger partial charge < -0.3 is 14.2 Å². The Morgan fingerprint density at radius 3 is 2.47 bits per heavy atom. The number of carbonyl (C=O) groups is 1. The summed E-state index contributed by atoms with van der Waals surface area (Å²) >= 11 is 12.7. The molecule has 1 saturated heterocycles. The van der Waals surface area contributed by atoms with Gasteiger partial charge in [-0.1, -0.05) is 35.6 Å². The highest BCUT2D eigenvalue weighted by atomic mass is 35.5. The van der Waals surface area contributed by atoms with Gasteiger partial charge in [0.15, 0.2) is 0 Å². The smallest absolute Gasteiger partial charge is 0.266 e. The number of hydrogen-bond donors (Lipinski definition) is 0. The van der Waals surface area contributed by atoms with Crippen LogP contribution in [-0.2, 0) is 4.79 Å². The summed E-state index contributed by atoms with van der Waals surface area (Å²) in [7, 11) is 1.63. The van der Waals surface area contributed by atoms with Crippen LogP contribution < -0.4 is 14.2 Å². The summed E-state index contributed by atoms with van der Waals surface area (Å²) in [5, 5.41) is 0.572. The van der Waals surface area contributed by atoms with Crippen molar-refractivity contribution in [2.24, 2.45) is 0 Å². The number of likely N-dealkylation sites (N-methyl/N-ethyl adjacent to an activating group) is 1. The molecule has 0 unspecified atom stereocenters. The second-order valence-electron chi connectivity index (χ2n) is 6.33. The predicted octanol–water partition coefficient (Wildman–Crippen LogP) is 5.42. The van der Waals surface area contributed by atoms with Crippen molar-refractivity contribution in [3.8, 4) is 17.2 Å². The monoisotopic (exact) mass is 463 g/mol. The number of amides is 1. The van der Waals surface area contributed by atoms with E-state index in [1.807, 2.05) is 31.2 Å². The van der Waals surface area contributed by atoms with Gasteiger partial charge in [-0.2, -0.15) is 0 Å². The van der Waals surface area contributed by atoms with Crippen LogP contribution in [0, 0.1) is 0 Å². The summed E-state index contributed by atoms with van der Waals surface area (Å²) in [5.74, 6) is 2.13. The molecule has 0 N–H and O–H groups in total. The maximum Gasteiger partial charge on any atom is 0.266 e. The number of ether oxygens (including phenoxy) is 3. The van der Waals surface area contributed by atoms with E-state index in [0.717, 1.165) is 17.1 Å². The first kappa shape index (κ1) is 22.5. The quantitative estimate of drug-likeness (QED) is 0.281. The third-order valence-corrected chi connectivity index (χ3v) is 5.94. The molecule has 30 heavy (non-hydrogen) atoms. The molecule has 5 nitrogen and oxygen atoms in total. The molecule has 0 spiro atoms. The lowest BCUT2D eigenvalue weighted by atomic mass is 10.2. The van der Waals surface area contributed by atoms with Crippen LogP contribution in [0.4, 0.5) is 0 Å². The first-order valence-electron chi connectivity index (χ1n) is 9.46.